The van der Waals surface area contributed by atoms with E-state index in [1.54, 1.807) is 5.56 Å². The number of rotatable bonds is 13. The lowest BCUT2D eigenvalue weighted by atomic mass is 9.74. The quantitative estimate of drug-likeness (QED) is 0.285. The van der Waals surface area contributed by atoms with E-state index in [0.717, 1.165) is 36.0 Å². The van der Waals surface area contributed by atoms with Gasteiger partial charge < -0.3 is 4.74 Å². The molecule has 1 aromatic carbocycles. The minimum absolute atomic E-state index is 0.780. The van der Waals surface area contributed by atoms with Crippen LogP contribution in [0.15, 0.2) is 24.3 Å². The smallest absolute Gasteiger partial charge is 0.119 e. The second-order valence-corrected chi connectivity index (χ2v) is 10.7. The standard InChI is InChI=1S/C30H50O/c1-3-5-7-12-26-13-8-9-14-27(26)15-10-24-31-30-22-20-29(21-23-30)28-18-16-25(17-19-28)11-6-4-2/h20-23,25-28H,3-19,24H2,1-2H3. The third kappa shape index (κ3) is 8.47. The van der Waals surface area contributed by atoms with Gasteiger partial charge in [-0.3, -0.25) is 0 Å². The summed E-state index contributed by atoms with van der Waals surface area (Å²) in [5, 5.41) is 0. The van der Waals surface area contributed by atoms with Gasteiger partial charge in [-0.15, -0.1) is 0 Å². The molecule has 0 saturated heterocycles. The van der Waals surface area contributed by atoms with Gasteiger partial charge in [0.2, 0.25) is 0 Å². The molecule has 2 aliphatic carbocycles. The Morgan fingerprint density at radius 3 is 1.97 bits per heavy atom. The first-order valence-corrected chi connectivity index (χ1v) is 14.0. The van der Waals surface area contributed by atoms with Crippen LogP contribution >= 0.6 is 0 Å². The van der Waals surface area contributed by atoms with E-state index in [1.807, 2.05) is 0 Å². The van der Waals surface area contributed by atoms with Gasteiger partial charge in [-0.25, -0.2) is 0 Å². The fourth-order valence-corrected chi connectivity index (χ4v) is 6.35. The van der Waals surface area contributed by atoms with Crippen molar-refractivity contribution in [3.05, 3.63) is 29.8 Å². The van der Waals surface area contributed by atoms with Gasteiger partial charge in [-0.2, -0.15) is 0 Å². The van der Waals surface area contributed by atoms with Crippen molar-refractivity contribution in [1.82, 2.24) is 0 Å². The number of ether oxygens (including phenoxy) is 1. The largest absolute Gasteiger partial charge is 0.494 e. The monoisotopic (exact) mass is 426 g/mol. The van der Waals surface area contributed by atoms with Crippen LogP contribution in [0.4, 0.5) is 0 Å². The number of unbranched alkanes of at least 4 members (excludes halogenated alkanes) is 3. The maximum absolute atomic E-state index is 6.13. The number of hydrogen-bond donors (Lipinski definition) is 0. The normalized spacial score (nSPS) is 26.6. The van der Waals surface area contributed by atoms with Crippen molar-refractivity contribution >= 4 is 0 Å². The van der Waals surface area contributed by atoms with Crippen molar-refractivity contribution in [3.8, 4) is 5.75 Å². The zero-order chi connectivity index (χ0) is 21.7. The predicted octanol–water partition coefficient (Wildman–Crippen LogP) is 9.70. The number of benzene rings is 1. The maximum atomic E-state index is 6.13. The van der Waals surface area contributed by atoms with Crippen molar-refractivity contribution in [2.45, 2.75) is 129 Å². The summed E-state index contributed by atoms with van der Waals surface area (Å²) in [6.07, 6.45) is 24.0. The Morgan fingerprint density at radius 2 is 1.32 bits per heavy atom. The highest BCUT2D eigenvalue weighted by Gasteiger charge is 2.24. The maximum Gasteiger partial charge on any atom is 0.119 e. The van der Waals surface area contributed by atoms with Gasteiger partial charge in [0.25, 0.3) is 0 Å². The van der Waals surface area contributed by atoms with E-state index in [-0.39, 0.29) is 0 Å². The molecule has 176 valence electrons. The molecule has 31 heavy (non-hydrogen) atoms. The van der Waals surface area contributed by atoms with Crippen LogP contribution in [-0.2, 0) is 0 Å². The summed E-state index contributed by atoms with van der Waals surface area (Å²) in [5.41, 5.74) is 1.54. The highest BCUT2D eigenvalue weighted by atomic mass is 16.5. The molecule has 0 spiro atoms. The SMILES string of the molecule is CCCCCC1CCCCC1CCCOc1ccc(C2CCC(CCCC)CC2)cc1. The van der Waals surface area contributed by atoms with E-state index in [2.05, 4.69) is 38.1 Å². The molecule has 0 N–H and O–H groups in total. The van der Waals surface area contributed by atoms with Crippen LogP contribution < -0.4 is 4.74 Å². The summed E-state index contributed by atoms with van der Waals surface area (Å²) in [6, 6.07) is 9.15. The summed E-state index contributed by atoms with van der Waals surface area (Å²) < 4.78 is 6.13. The van der Waals surface area contributed by atoms with Gasteiger partial charge in [-0.1, -0.05) is 96.6 Å². The van der Waals surface area contributed by atoms with Gasteiger partial charge in [-0.05, 0) is 79.9 Å². The summed E-state index contributed by atoms with van der Waals surface area (Å²) in [4.78, 5) is 0. The van der Waals surface area contributed by atoms with E-state index in [4.69, 9.17) is 4.74 Å². The lowest BCUT2D eigenvalue weighted by molar-refractivity contribution is 0.190. The van der Waals surface area contributed by atoms with Gasteiger partial charge in [0.05, 0.1) is 6.61 Å². The van der Waals surface area contributed by atoms with Crippen LogP contribution in [0.2, 0.25) is 0 Å². The molecule has 0 aromatic heterocycles. The minimum atomic E-state index is 0.780. The molecular formula is C30H50O. The Balaban J connectivity index is 1.34. The van der Waals surface area contributed by atoms with E-state index >= 15 is 0 Å². The first-order valence-electron chi connectivity index (χ1n) is 14.0. The Morgan fingerprint density at radius 1 is 0.677 bits per heavy atom. The highest BCUT2D eigenvalue weighted by Crippen LogP contribution is 2.38. The molecule has 2 unspecified atom stereocenters. The molecule has 0 radical (unpaired) electrons. The van der Waals surface area contributed by atoms with E-state index in [1.165, 1.54) is 109 Å². The van der Waals surface area contributed by atoms with Crippen LogP contribution in [-0.4, -0.2) is 6.61 Å². The second-order valence-electron chi connectivity index (χ2n) is 10.7. The molecule has 0 bridgehead atoms. The molecule has 1 nitrogen and oxygen atoms in total. The minimum Gasteiger partial charge on any atom is -0.494 e. The van der Waals surface area contributed by atoms with E-state index in [0.29, 0.717) is 0 Å². The van der Waals surface area contributed by atoms with Crippen LogP contribution in [0.25, 0.3) is 0 Å². The molecule has 2 fully saturated rings. The Hall–Kier alpha value is -0.980. The molecule has 0 amide bonds. The molecule has 1 heteroatoms. The molecule has 0 heterocycles. The summed E-state index contributed by atoms with van der Waals surface area (Å²) in [7, 11) is 0. The number of hydrogen-bond acceptors (Lipinski definition) is 1. The van der Waals surface area contributed by atoms with E-state index < -0.39 is 0 Å². The van der Waals surface area contributed by atoms with Crippen LogP contribution in [0.5, 0.6) is 5.75 Å². The lowest BCUT2D eigenvalue weighted by Gasteiger charge is -2.31. The molecule has 2 atom stereocenters. The van der Waals surface area contributed by atoms with Crippen molar-refractivity contribution in [2.24, 2.45) is 17.8 Å². The topological polar surface area (TPSA) is 9.23 Å². The van der Waals surface area contributed by atoms with Gasteiger partial charge >= 0.3 is 0 Å². The molecule has 2 aliphatic rings. The fraction of sp³-hybridized carbons (Fsp3) is 0.800. The average Bonchev–Trinajstić information content (AvgIpc) is 2.82. The van der Waals surface area contributed by atoms with Gasteiger partial charge in [0.15, 0.2) is 0 Å². The van der Waals surface area contributed by atoms with Crippen LogP contribution in [0.3, 0.4) is 0 Å². The summed E-state index contributed by atoms with van der Waals surface area (Å²) in [5.74, 6) is 4.81. The Kier molecular flexibility index (Phi) is 11.3. The van der Waals surface area contributed by atoms with Crippen LogP contribution in [0.1, 0.15) is 134 Å². The van der Waals surface area contributed by atoms with Crippen LogP contribution in [0, 0.1) is 17.8 Å². The van der Waals surface area contributed by atoms with Gasteiger partial charge in [0, 0.05) is 0 Å². The first kappa shape index (κ1) is 24.7. The first-order chi connectivity index (χ1) is 15.3. The zero-order valence-electron chi connectivity index (χ0n) is 20.8. The molecular weight excluding hydrogens is 376 g/mol. The lowest BCUT2D eigenvalue weighted by Crippen LogP contribution is -2.20. The highest BCUT2D eigenvalue weighted by molar-refractivity contribution is 5.29. The summed E-state index contributed by atoms with van der Waals surface area (Å²) in [6.45, 7) is 5.53. The molecule has 1 aromatic rings. The van der Waals surface area contributed by atoms with Crippen molar-refractivity contribution < 1.29 is 4.74 Å². The van der Waals surface area contributed by atoms with Crippen molar-refractivity contribution in [3.63, 3.8) is 0 Å². The van der Waals surface area contributed by atoms with Gasteiger partial charge in [0.1, 0.15) is 5.75 Å². The molecule has 0 aliphatic heterocycles. The van der Waals surface area contributed by atoms with Crippen molar-refractivity contribution in [1.29, 1.82) is 0 Å². The Bertz CT molecular complexity index is 569. The second kappa shape index (κ2) is 14.2. The zero-order valence-corrected chi connectivity index (χ0v) is 20.8. The fourth-order valence-electron chi connectivity index (χ4n) is 6.35. The predicted molar refractivity (Wildman–Crippen MR) is 135 cm³/mol. The molecule has 3 rings (SSSR count). The average molecular weight is 427 g/mol. The van der Waals surface area contributed by atoms with Crippen molar-refractivity contribution in [2.75, 3.05) is 6.61 Å². The molecule has 2 saturated carbocycles. The third-order valence-electron chi connectivity index (χ3n) is 8.40. The Labute approximate surface area is 193 Å². The third-order valence-corrected chi connectivity index (χ3v) is 8.40. The van der Waals surface area contributed by atoms with E-state index in [9.17, 15) is 0 Å². The summed E-state index contributed by atoms with van der Waals surface area (Å²) >= 11 is 0.